The minimum Gasteiger partial charge on any atom is -0.439 e. The zero-order chi connectivity index (χ0) is 18.6. The Balaban J connectivity index is 1.67. The van der Waals surface area contributed by atoms with Gasteiger partial charge in [0.15, 0.2) is 0 Å². The van der Waals surface area contributed by atoms with Gasteiger partial charge in [-0.25, -0.2) is 4.98 Å². The summed E-state index contributed by atoms with van der Waals surface area (Å²) in [5, 5.41) is 2.92. The quantitative estimate of drug-likeness (QED) is 0.860. The fourth-order valence-corrected chi connectivity index (χ4v) is 3.01. The molecule has 3 rings (SSSR count). The van der Waals surface area contributed by atoms with Crippen molar-refractivity contribution >= 4 is 11.6 Å². The molecule has 2 heterocycles. The van der Waals surface area contributed by atoms with E-state index in [1.807, 2.05) is 32.0 Å². The Hall–Kier alpha value is -2.44. The van der Waals surface area contributed by atoms with Crippen molar-refractivity contribution in [1.29, 1.82) is 0 Å². The van der Waals surface area contributed by atoms with Crippen LogP contribution in [0.5, 0.6) is 11.6 Å². The molecule has 0 spiro atoms. The first-order chi connectivity index (χ1) is 12.5. The number of amides is 1. The van der Waals surface area contributed by atoms with Gasteiger partial charge in [0.05, 0.1) is 17.3 Å². The van der Waals surface area contributed by atoms with Gasteiger partial charge in [0, 0.05) is 25.8 Å². The number of nitrogens with one attached hydrogen (secondary N) is 1. The Morgan fingerprint density at radius 3 is 2.69 bits per heavy atom. The lowest BCUT2D eigenvalue weighted by Gasteiger charge is -2.34. The predicted molar refractivity (Wildman–Crippen MR) is 100 cm³/mol. The Morgan fingerprint density at radius 1 is 1.27 bits per heavy atom. The van der Waals surface area contributed by atoms with Gasteiger partial charge in [0.25, 0.3) is 0 Å². The molecule has 3 N–H and O–H groups in total. The van der Waals surface area contributed by atoms with E-state index >= 15 is 0 Å². The van der Waals surface area contributed by atoms with E-state index in [4.69, 9.17) is 15.2 Å². The largest absolute Gasteiger partial charge is 0.439 e. The highest BCUT2D eigenvalue weighted by Crippen LogP contribution is 2.31. The first kappa shape index (κ1) is 18.4. The normalized spacial score (nSPS) is 16.1. The molecule has 1 saturated heterocycles. The number of hydrogen-bond donors (Lipinski definition) is 2. The summed E-state index contributed by atoms with van der Waals surface area (Å²) >= 11 is 0. The summed E-state index contributed by atoms with van der Waals surface area (Å²) in [6.45, 7) is 5.48. The number of nitrogens with two attached hydrogens (primary N) is 1. The first-order valence-corrected chi connectivity index (χ1v) is 8.83. The molecule has 6 nitrogen and oxygen atoms in total. The van der Waals surface area contributed by atoms with E-state index in [9.17, 15) is 4.79 Å². The van der Waals surface area contributed by atoms with Crippen LogP contribution in [0.4, 0.5) is 5.69 Å². The van der Waals surface area contributed by atoms with E-state index in [1.165, 1.54) is 0 Å². The van der Waals surface area contributed by atoms with E-state index in [0.29, 0.717) is 44.2 Å². The van der Waals surface area contributed by atoms with Gasteiger partial charge in [0.1, 0.15) is 5.75 Å². The number of hydrogen-bond acceptors (Lipinski definition) is 5. The molecule has 0 unspecified atom stereocenters. The van der Waals surface area contributed by atoms with Crippen LogP contribution in [0.25, 0.3) is 0 Å². The predicted octanol–water partition coefficient (Wildman–Crippen LogP) is 3.18. The Morgan fingerprint density at radius 2 is 2.04 bits per heavy atom. The average molecular weight is 355 g/mol. The Bertz CT molecular complexity index is 768. The van der Waals surface area contributed by atoms with E-state index in [1.54, 1.807) is 18.3 Å². The number of pyridine rings is 1. The third kappa shape index (κ3) is 3.86. The lowest BCUT2D eigenvalue weighted by molar-refractivity contribution is -0.130. The van der Waals surface area contributed by atoms with Crippen molar-refractivity contribution in [2.24, 2.45) is 11.1 Å². The number of anilines is 1. The molecule has 138 valence electrons. The minimum atomic E-state index is -0.563. The van der Waals surface area contributed by atoms with Crippen molar-refractivity contribution in [1.82, 2.24) is 4.98 Å². The molecule has 26 heavy (non-hydrogen) atoms. The zero-order valence-electron chi connectivity index (χ0n) is 15.2. The highest BCUT2D eigenvalue weighted by atomic mass is 16.5. The first-order valence-electron chi connectivity index (χ1n) is 8.83. The number of aromatic nitrogens is 1. The number of rotatable bonds is 5. The molecule has 1 aromatic heterocycles. The molecular weight excluding hydrogens is 330 g/mol. The highest BCUT2D eigenvalue weighted by Gasteiger charge is 2.38. The van der Waals surface area contributed by atoms with Crippen LogP contribution in [-0.2, 0) is 9.53 Å². The average Bonchev–Trinajstić information content (AvgIpc) is 2.67. The van der Waals surface area contributed by atoms with E-state index < -0.39 is 5.41 Å². The van der Waals surface area contributed by atoms with Gasteiger partial charge in [-0.1, -0.05) is 12.1 Å². The topological polar surface area (TPSA) is 86.5 Å². The molecule has 1 aliphatic rings. The molecule has 0 atom stereocenters. The maximum atomic E-state index is 12.7. The smallest absolute Gasteiger partial charge is 0.232 e. The number of benzene rings is 1. The number of carbonyl (C=O) groups is 1. The molecule has 1 aromatic carbocycles. The van der Waals surface area contributed by atoms with Crippen molar-refractivity contribution in [2.45, 2.75) is 26.7 Å². The maximum Gasteiger partial charge on any atom is 0.232 e. The Kier molecular flexibility index (Phi) is 5.54. The molecule has 0 aliphatic carbocycles. The van der Waals surface area contributed by atoms with E-state index in [-0.39, 0.29) is 5.91 Å². The zero-order valence-corrected chi connectivity index (χ0v) is 15.2. The number of carbonyl (C=O) groups excluding carboxylic acids is 1. The van der Waals surface area contributed by atoms with Gasteiger partial charge in [-0.2, -0.15) is 0 Å². The molecule has 0 radical (unpaired) electrons. The maximum absolute atomic E-state index is 12.7. The van der Waals surface area contributed by atoms with Crippen LogP contribution in [0.3, 0.4) is 0 Å². The number of nitrogens with zero attached hydrogens (tertiary/aromatic N) is 1. The van der Waals surface area contributed by atoms with Crippen molar-refractivity contribution in [3.05, 3.63) is 47.7 Å². The Labute approximate surface area is 153 Å². The van der Waals surface area contributed by atoms with Crippen molar-refractivity contribution in [3.8, 4) is 11.6 Å². The lowest BCUT2D eigenvalue weighted by atomic mass is 9.79. The van der Waals surface area contributed by atoms with Gasteiger partial charge in [-0.15, -0.1) is 0 Å². The third-order valence-corrected chi connectivity index (χ3v) is 5.09. The van der Waals surface area contributed by atoms with E-state index in [2.05, 4.69) is 10.3 Å². The van der Waals surface area contributed by atoms with Gasteiger partial charge in [0.2, 0.25) is 11.8 Å². The summed E-state index contributed by atoms with van der Waals surface area (Å²) in [5.74, 6) is 1.18. The SMILES string of the molecule is Cc1cccc(Oc2ccc(NC(=O)C3(CN)CCOCC3)cn2)c1C. The molecule has 0 saturated carbocycles. The summed E-state index contributed by atoms with van der Waals surface area (Å²) in [6, 6.07) is 9.44. The fourth-order valence-electron chi connectivity index (χ4n) is 3.01. The number of aryl methyl sites for hydroxylation is 1. The van der Waals surface area contributed by atoms with E-state index in [0.717, 1.165) is 16.9 Å². The summed E-state index contributed by atoms with van der Waals surface area (Å²) in [7, 11) is 0. The van der Waals surface area contributed by atoms with Crippen molar-refractivity contribution < 1.29 is 14.3 Å². The molecule has 1 aliphatic heterocycles. The second kappa shape index (κ2) is 7.85. The van der Waals surface area contributed by atoms with Crippen molar-refractivity contribution in [3.63, 3.8) is 0 Å². The van der Waals surface area contributed by atoms with Crippen LogP contribution in [0.15, 0.2) is 36.5 Å². The molecule has 2 aromatic rings. The summed E-state index contributed by atoms with van der Waals surface area (Å²) in [4.78, 5) is 17.0. The summed E-state index contributed by atoms with van der Waals surface area (Å²) in [6.07, 6.45) is 2.87. The fraction of sp³-hybridized carbons (Fsp3) is 0.400. The molecular formula is C20H25N3O3. The van der Waals surface area contributed by atoms with Gasteiger partial charge >= 0.3 is 0 Å². The summed E-state index contributed by atoms with van der Waals surface area (Å²) in [5.41, 5.74) is 8.18. The van der Waals surface area contributed by atoms with Crippen LogP contribution in [0, 0.1) is 19.3 Å². The minimum absolute atomic E-state index is 0.0757. The van der Waals surface area contributed by atoms with Crippen molar-refractivity contribution in [2.75, 3.05) is 25.1 Å². The highest BCUT2D eigenvalue weighted by molar-refractivity contribution is 5.95. The van der Waals surface area contributed by atoms with Crippen LogP contribution >= 0.6 is 0 Å². The monoisotopic (exact) mass is 355 g/mol. The number of ether oxygens (including phenoxy) is 2. The van der Waals surface area contributed by atoms with Crippen LogP contribution in [0.2, 0.25) is 0 Å². The molecule has 0 bridgehead atoms. The van der Waals surface area contributed by atoms with Gasteiger partial charge < -0.3 is 20.5 Å². The second-order valence-electron chi connectivity index (χ2n) is 6.74. The molecule has 6 heteroatoms. The third-order valence-electron chi connectivity index (χ3n) is 5.09. The van der Waals surface area contributed by atoms with Gasteiger partial charge in [-0.05, 0) is 49.9 Å². The summed E-state index contributed by atoms with van der Waals surface area (Å²) < 4.78 is 11.2. The van der Waals surface area contributed by atoms with Crippen LogP contribution in [0.1, 0.15) is 24.0 Å². The molecule has 1 amide bonds. The lowest BCUT2D eigenvalue weighted by Crippen LogP contribution is -2.46. The standard InChI is InChI=1S/C20H25N3O3/c1-14-4-3-5-17(15(14)2)26-18-7-6-16(12-22-18)23-19(24)20(13-21)8-10-25-11-9-20/h3-7,12H,8-11,13,21H2,1-2H3,(H,23,24). The molecule has 1 fully saturated rings. The second-order valence-corrected chi connectivity index (χ2v) is 6.74. The van der Waals surface area contributed by atoms with Gasteiger partial charge in [-0.3, -0.25) is 4.79 Å². The van der Waals surface area contributed by atoms with Crippen LogP contribution in [-0.4, -0.2) is 30.6 Å². The van der Waals surface area contributed by atoms with Crippen LogP contribution < -0.4 is 15.8 Å².